The number of rotatable bonds is 6. The van der Waals surface area contributed by atoms with Crippen molar-refractivity contribution < 1.29 is 19.4 Å². The van der Waals surface area contributed by atoms with E-state index in [4.69, 9.17) is 4.74 Å². The molecule has 2 aliphatic rings. The molecule has 4 rings (SSSR count). The van der Waals surface area contributed by atoms with Crippen LogP contribution < -0.4 is 15.0 Å². The summed E-state index contributed by atoms with van der Waals surface area (Å²) in [6.45, 7) is 4.09. The Morgan fingerprint density at radius 3 is 2.37 bits per heavy atom. The van der Waals surface area contributed by atoms with E-state index in [9.17, 15) is 14.7 Å². The third-order valence-corrected chi connectivity index (χ3v) is 6.88. The van der Waals surface area contributed by atoms with Crippen LogP contribution in [0.15, 0.2) is 48.5 Å². The molecule has 2 amide bonds. The van der Waals surface area contributed by atoms with Gasteiger partial charge in [0.05, 0.1) is 13.2 Å². The third kappa shape index (κ3) is 7.64. The van der Waals surface area contributed by atoms with E-state index in [-0.39, 0.29) is 30.0 Å². The van der Waals surface area contributed by atoms with Crippen molar-refractivity contribution in [2.24, 2.45) is 5.92 Å². The zero-order valence-corrected chi connectivity index (χ0v) is 21.2. The van der Waals surface area contributed by atoms with Gasteiger partial charge in [0, 0.05) is 38.4 Å². The van der Waals surface area contributed by atoms with Gasteiger partial charge in [0.2, 0.25) is 11.8 Å². The highest BCUT2D eigenvalue weighted by Crippen LogP contribution is 2.32. The SMILES string of the molecule is CC1CCCC1.CNC(=O)CC(=O)N1CCN(c2ccc(OC)c(O)c2)C[C@@H]1Cc1ccccc1. The van der Waals surface area contributed by atoms with Crippen molar-refractivity contribution >= 4 is 17.5 Å². The first-order valence-corrected chi connectivity index (χ1v) is 12.6. The largest absolute Gasteiger partial charge is 0.504 e. The van der Waals surface area contributed by atoms with Crippen LogP contribution in [0, 0.1) is 5.92 Å². The Balaban J connectivity index is 0.000000497. The molecular formula is C28H39N3O4. The van der Waals surface area contributed by atoms with Crippen molar-refractivity contribution in [2.45, 2.75) is 51.5 Å². The lowest BCUT2D eigenvalue weighted by Gasteiger charge is -2.42. The molecule has 0 radical (unpaired) electrons. The van der Waals surface area contributed by atoms with Crippen molar-refractivity contribution in [2.75, 3.05) is 38.7 Å². The van der Waals surface area contributed by atoms with E-state index < -0.39 is 0 Å². The molecule has 190 valence electrons. The molecular weight excluding hydrogens is 442 g/mol. The van der Waals surface area contributed by atoms with Crippen molar-refractivity contribution in [3.63, 3.8) is 0 Å². The Bertz CT molecular complexity index is 960. The van der Waals surface area contributed by atoms with E-state index in [2.05, 4.69) is 17.1 Å². The topological polar surface area (TPSA) is 82.1 Å². The lowest BCUT2D eigenvalue weighted by atomic mass is 10.0. The number of phenols is 1. The molecule has 0 spiro atoms. The predicted octanol–water partition coefficient (Wildman–Crippen LogP) is 3.99. The smallest absolute Gasteiger partial charge is 0.232 e. The number of carbonyl (C=O) groups is 2. The van der Waals surface area contributed by atoms with Gasteiger partial charge >= 0.3 is 0 Å². The standard InChI is InChI=1S/C22H27N3O4.C6H12/c1-23-21(27)14-22(28)25-11-10-24(17-8-9-20(29-2)19(26)13-17)15-18(25)12-16-6-4-3-5-7-16;1-6-4-2-3-5-6/h3-9,13,18,26H,10-12,14-15H2,1-2H3,(H,23,27);6H,2-5H2,1H3/t18-;/m0./s1. The number of anilines is 1. The molecule has 0 bridgehead atoms. The van der Waals surface area contributed by atoms with E-state index in [1.165, 1.54) is 39.8 Å². The van der Waals surface area contributed by atoms with E-state index in [1.54, 1.807) is 12.1 Å². The molecule has 1 heterocycles. The first-order chi connectivity index (χ1) is 16.9. The van der Waals surface area contributed by atoms with Gasteiger partial charge in [0.15, 0.2) is 11.5 Å². The Hall–Kier alpha value is -3.22. The quantitative estimate of drug-likeness (QED) is 0.610. The molecule has 1 aliphatic carbocycles. The van der Waals surface area contributed by atoms with Crippen molar-refractivity contribution in [3.8, 4) is 11.5 Å². The van der Waals surface area contributed by atoms with E-state index in [1.807, 2.05) is 41.3 Å². The van der Waals surface area contributed by atoms with Crippen LogP contribution in [0.3, 0.4) is 0 Å². The van der Waals surface area contributed by atoms with Gasteiger partial charge in [-0.3, -0.25) is 9.59 Å². The second-order valence-corrected chi connectivity index (χ2v) is 9.47. The zero-order valence-electron chi connectivity index (χ0n) is 21.2. The Morgan fingerprint density at radius 2 is 1.80 bits per heavy atom. The maximum absolute atomic E-state index is 12.7. The van der Waals surface area contributed by atoms with Crippen LogP contribution in [-0.4, -0.2) is 61.7 Å². The maximum Gasteiger partial charge on any atom is 0.232 e. The van der Waals surface area contributed by atoms with Gasteiger partial charge in [-0.2, -0.15) is 0 Å². The van der Waals surface area contributed by atoms with Crippen LogP contribution >= 0.6 is 0 Å². The van der Waals surface area contributed by atoms with E-state index in [0.29, 0.717) is 31.8 Å². The summed E-state index contributed by atoms with van der Waals surface area (Å²) in [7, 11) is 3.05. The molecule has 2 aromatic carbocycles. The summed E-state index contributed by atoms with van der Waals surface area (Å²) in [6.07, 6.45) is 6.49. The Kier molecular flexibility index (Phi) is 9.82. The van der Waals surface area contributed by atoms with Gasteiger partial charge in [-0.15, -0.1) is 0 Å². The van der Waals surface area contributed by atoms with Gasteiger partial charge < -0.3 is 25.0 Å². The molecule has 0 unspecified atom stereocenters. The average molecular weight is 482 g/mol. The van der Waals surface area contributed by atoms with Gasteiger partial charge in [-0.25, -0.2) is 0 Å². The summed E-state index contributed by atoms with van der Waals surface area (Å²) in [4.78, 5) is 28.4. The number of amides is 2. The number of aromatic hydroxyl groups is 1. The van der Waals surface area contributed by atoms with Crippen LogP contribution in [0.2, 0.25) is 0 Å². The number of nitrogens with zero attached hydrogens (tertiary/aromatic N) is 2. The predicted molar refractivity (Wildman–Crippen MR) is 139 cm³/mol. The Labute approximate surface area is 209 Å². The molecule has 1 aliphatic heterocycles. The molecule has 1 saturated heterocycles. The van der Waals surface area contributed by atoms with Crippen molar-refractivity contribution in [1.82, 2.24) is 10.2 Å². The number of hydrogen-bond acceptors (Lipinski definition) is 5. The fraction of sp³-hybridized carbons (Fsp3) is 0.500. The average Bonchev–Trinajstić information content (AvgIpc) is 3.35. The van der Waals surface area contributed by atoms with Gasteiger partial charge in [0.25, 0.3) is 0 Å². The minimum Gasteiger partial charge on any atom is -0.504 e. The number of piperazine rings is 1. The number of ether oxygens (including phenoxy) is 1. The fourth-order valence-electron chi connectivity index (χ4n) is 4.81. The summed E-state index contributed by atoms with van der Waals surface area (Å²) in [5, 5.41) is 12.6. The summed E-state index contributed by atoms with van der Waals surface area (Å²) < 4.78 is 5.12. The highest BCUT2D eigenvalue weighted by molar-refractivity contribution is 5.97. The highest BCUT2D eigenvalue weighted by atomic mass is 16.5. The minimum absolute atomic E-state index is 0.0763. The third-order valence-electron chi connectivity index (χ3n) is 6.88. The lowest BCUT2D eigenvalue weighted by molar-refractivity contribution is -0.138. The summed E-state index contributed by atoms with van der Waals surface area (Å²) >= 11 is 0. The van der Waals surface area contributed by atoms with Crippen LogP contribution in [-0.2, 0) is 16.0 Å². The number of carbonyl (C=O) groups excluding carboxylic acids is 2. The Morgan fingerprint density at radius 1 is 1.09 bits per heavy atom. The molecule has 0 aromatic heterocycles. The fourth-order valence-corrected chi connectivity index (χ4v) is 4.81. The monoisotopic (exact) mass is 481 g/mol. The van der Waals surface area contributed by atoms with Gasteiger partial charge in [-0.1, -0.05) is 62.9 Å². The maximum atomic E-state index is 12.7. The van der Waals surface area contributed by atoms with Gasteiger partial charge in [-0.05, 0) is 30.0 Å². The van der Waals surface area contributed by atoms with Crippen LogP contribution in [0.25, 0.3) is 0 Å². The van der Waals surface area contributed by atoms with E-state index in [0.717, 1.165) is 17.2 Å². The first-order valence-electron chi connectivity index (χ1n) is 12.6. The van der Waals surface area contributed by atoms with Crippen LogP contribution in [0.4, 0.5) is 5.69 Å². The molecule has 2 fully saturated rings. The lowest BCUT2D eigenvalue weighted by Crippen LogP contribution is -2.56. The first kappa shape index (κ1) is 26.4. The minimum atomic E-state index is -0.282. The summed E-state index contributed by atoms with van der Waals surface area (Å²) in [5.74, 6) is 1.11. The number of phenolic OH excluding ortho intramolecular Hbond substituents is 1. The molecule has 1 saturated carbocycles. The van der Waals surface area contributed by atoms with Gasteiger partial charge in [0.1, 0.15) is 6.42 Å². The molecule has 2 aromatic rings. The molecule has 7 heteroatoms. The number of methoxy groups -OCH3 is 1. The second kappa shape index (κ2) is 13.0. The van der Waals surface area contributed by atoms with E-state index >= 15 is 0 Å². The summed E-state index contributed by atoms with van der Waals surface area (Å²) in [5.41, 5.74) is 2.01. The normalized spacial score (nSPS) is 18.0. The van der Waals surface area contributed by atoms with Crippen molar-refractivity contribution in [1.29, 1.82) is 0 Å². The van der Waals surface area contributed by atoms with Crippen LogP contribution in [0.1, 0.15) is 44.6 Å². The van der Waals surface area contributed by atoms with Crippen LogP contribution in [0.5, 0.6) is 11.5 Å². The zero-order chi connectivity index (χ0) is 25.2. The number of hydrogen-bond donors (Lipinski definition) is 2. The molecule has 2 N–H and O–H groups in total. The number of benzene rings is 2. The highest BCUT2D eigenvalue weighted by Gasteiger charge is 2.31. The molecule has 35 heavy (non-hydrogen) atoms. The number of nitrogens with one attached hydrogen (secondary N) is 1. The summed E-state index contributed by atoms with van der Waals surface area (Å²) in [6, 6.07) is 15.3. The second-order valence-electron chi connectivity index (χ2n) is 9.47. The molecule has 1 atom stereocenters. The van der Waals surface area contributed by atoms with Crippen molar-refractivity contribution in [3.05, 3.63) is 54.1 Å². The molecule has 7 nitrogen and oxygen atoms in total.